The number of hydrogen-bond donors (Lipinski definition) is 1. The van der Waals surface area contributed by atoms with Crippen molar-refractivity contribution in [1.82, 2.24) is 15.0 Å². The molecule has 0 fully saturated rings. The summed E-state index contributed by atoms with van der Waals surface area (Å²) in [6.07, 6.45) is 4.94. The van der Waals surface area contributed by atoms with E-state index in [0.29, 0.717) is 11.6 Å². The van der Waals surface area contributed by atoms with Crippen LogP contribution in [-0.4, -0.2) is 22.1 Å². The van der Waals surface area contributed by atoms with Crippen LogP contribution >= 0.6 is 11.3 Å². The van der Waals surface area contributed by atoms with Gasteiger partial charge in [0.25, 0.3) is 0 Å². The molecule has 0 aromatic carbocycles. The molecule has 0 spiro atoms. The molecule has 0 radical (unpaired) electrons. The van der Waals surface area contributed by atoms with Crippen molar-refractivity contribution in [1.29, 1.82) is 0 Å². The molecule has 1 unspecified atom stereocenters. The molecule has 2 N–H and O–H groups in total. The number of nitrogens with two attached hydrogens (primary N) is 1. The standard InChI is InChI=1S/C10H12N4OS/c1-6-14-5-7(16-6)8(11)9-10(15-2)13-4-3-12-9/h3-5,8H,11H2,1-2H3. The highest BCUT2D eigenvalue weighted by Gasteiger charge is 2.18. The molecule has 1 atom stereocenters. The predicted octanol–water partition coefficient (Wildman–Crippen LogP) is 1.30. The van der Waals surface area contributed by atoms with Crippen molar-refractivity contribution in [2.45, 2.75) is 13.0 Å². The maximum absolute atomic E-state index is 6.09. The Bertz CT molecular complexity index is 485. The van der Waals surface area contributed by atoms with Gasteiger partial charge in [-0.3, -0.25) is 4.98 Å². The lowest BCUT2D eigenvalue weighted by atomic mass is 10.2. The third-order valence-corrected chi connectivity index (χ3v) is 3.12. The summed E-state index contributed by atoms with van der Waals surface area (Å²) in [6.45, 7) is 1.94. The van der Waals surface area contributed by atoms with Crippen LogP contribution < -0.4 is 10.5 Å². The quantitative estimate of drug-likeness (QED) is 0.869. The molecular formula is C10H12N4OS. The SMILES string of the molecule is COc1nccnc1C(N)c1cnc(C)s1. The molecule has 0 amide bonds. The van der Waals surface area contributed by atoms with E-state index in [2.05, 4.69) is 15.0 Å². The first-order valence-corrected chi connectivity index (χ1v) is 5.57. The Labute approximate surface area is 97.3 Å². The Balaban J connectivity index is 2.36. The molecule has 2 heterocycles. The molecule has 0 aliphatic rings. The minimum Gasteiger partial charge on any atom is -0.480 e. The zero-order valence-electron chi connectivity index (χ0n) is 9.04. The third-order valence-electron chi connectivity index (χ3n) is 2.12. The molecule has 0 saturated carbocycles. The zero-order chi connectivity index (χ0) is 11.5. The topological polar surface area (TPSA) is 73.9 Å². The van der Waals surface area contributed by atoms with Crippen molar-refractivity contribution in [2.24, 2.45) is 5.73 Å². The van der Waals surface area contributed by atoms with E-state index in [0.717, 1.165) is 9.88 Å². The molecule has 2 rings (SSSR count). The second kappa shape index (κ2) is 4.54. The first-order valence-electron chi connectivity index (χ1n) is 4.75. The highest BCUT2D eigenvalue weighted by Crippen LogP contribution is 2.27. The average molecular weight is 236 g/mol. The molecule has 84 valence electrons. The summed E-state index contributed by atoms with van der Waals surface area (Å²) in [6, 6.07) is -0.338. The van der Waals surface area contributed by atoms with Gasteiger partial charge in [0, 0.05) is 23.5 Å². The summed E-state index contributed by atoms with van der Waals surface area (Å²) in [5, 5.41) is 0.980. The van der Waals surface area contributed by atoms with Crippen LogP contribution in [0.25, 0.3) is 0 Å². The summed E-state index contributed by atoms with van der Waals surface area (Å²) in [5.74, 6) is 0.459. The summed E-state index contributed by atoms with van der Waals surface area (Å²) < 4.78 is 5.13. The first kappa shape index (κ1) is 11.0. The largest absolute Gasteiger partial charge is 0.480 e. The van der Waals surface area contributed by atoms with Gasteiger partial charge in [0.15, 0.2) is 0 Å². The van der Waals surface area contributed by atoms with E-state index in [9.17, 15) is 0 Å². The van der Waals surface area contributed by atoms with E-state index in [1.807, 2.05) is 6.92 Å². The lowest BCUT2D eigenvalue weighted by Gasteiger charge is -2.10. The van der Waals surface area contributed by atoms with Gasteiger partial charge in [-0.05, 0) is 6.92 Å². The summed E-state index contributed by atoms with van der Waals surface area (Å²) >= 11 is 1.55. The molecular weight excluding hydrogens is 224 g/mol. The van der Waals surface area contributed by atoms with Gasteiger partial charge in [-0.25, -0.2) is 9.97 Å². The highest BCUT2D eigenvalue weighted by atomic mass is 32.1. The van der Waals surface area contributed by atoms with E-state index >= 15 is 0 Å². The second-order valence-electron chi connectivity index (χ2n) is 3.21. The van der Waals surface area contributed by atoms with Crippen molar-refractivity contribution in [3.8, 4) is 5.88 Å². The Kier molecular flexibility index (Phi) is 3.12. The van der Waals surface area contributed by atoms with Gasteiger partial charge >= 0.3 is 0 Å². The molecule has 0 aliphatic heterocycles. The Morgan fingerprint density at radius 1 is 1.31 bits per heavy atom. The van der Waals surface area contributed by atoms with Gasteiger partial charge in [0.05, 0.1) is 18.2 Å². The van der Waals surface area contributed by atoms with Crippen molar-refractivity contribution in [3.05, 3.63) is 34.2 Å². The highest BCUT2D eigenvalue weighted by molar-refractivity contribution is 7.11. The average Bonchev–Trinajstić information content (AvgIpc) is 2.75. The molecule has 0 aliphatic carbocycles. The number of ether oxygens (including phenoxy) is 1. The van der Waals surface area contributed by atoms with Gasteiger partial charge in [0.1, 0.15) is 5.69 Å². The minimum atomic E-state index is -0.338. The number of nitrogens with zero attached hydrogens (tertiary/aromatic N) is 3. The van der Waals surface area contributed by atoms with Crippen LogP contribution in [0.2, 0.25) is 0 Å². The molecule has 0 bridgehead atoms. The van der Waals surface area contributed by atoms with Crippen LogP contribution in [0.3, 0.4) is 0 Å². The minimum absolute atomic E-state index is 0.338. The number of aromatic nitrogens is 3. The number of thiazole rings is 1. The number of hydrogen-bond acceptors (Lipinski definition) is 6. The molecule has 16 heavy (non-hydrogen) atoms. The van der Waals surface area contributed by atoms with Gasteiger partial charge in [-0.1, -0.05) is 0 Å². The fraction of sp³-hybridized carbons (Fsp3) is 0.300. The van der Waals surface area contributed by atoms with Crippen LogP contribution in [0.1, 0.15) is 21.6 Å². The van der Waals surface area contributed by atoms with Gasteiger partial charge in [-0.2, -0.15) is 0 Å². The Hall–Kier alpha value is -1.53. The lowest BCUT2D eigenvalue weighted by Crippen LogP contribution is -2.14. The first-order chi connectivity index (χ1) is 7.72. The fourth-order valence-corrected chi connectivity index (χ4v) is 2.15. The zero-order valence-corrected chi connectivity index (χ0v) is 9.86. The van der Waals surface area contributed by atoms with Crippen molar-refractivity contribution in [3.63, 3.8) is 0 Å². The van der Waals surface area contributed by atoms with Crippen LogP contribution in [-0.2, 0) is 0 Å². The molecule has 5 nitrogen and oxygen atoms in total. The van der Waals surface area contributed by atoms with Gasteiger partial charge in [0.2, 0.25) is 5.88 Å². The maximum Gasteiger partial charge on any atom is 0.237 e. The van der Waals surface area contributed by atoms with E-state index < -0.39 is 0 Å². The number of methoxy groups -OCH3 is 1. The third kappa shape index (κ3) is 2.02. The molecule has 2 aromatic rings. The van der Waals surface area contributed by atoms with Crippen LogP contribution in [0, 0.1) is 6.92 Å². The fourth-order valence-electron chi connectivity index (χ4n) is 1.36. The maximum atomic E-state index is 6.09. The smallest absolute Gasteiger partial charge is 0.237 e. The van der Waals surface area contributed by atoms with E-state index in [1.165, 1.54) is 0 Å². The normalized spacial score (nSPS) is 12.4. The molecule has 0 saturated heterocycles. The van der Waals surface area contributed by atoms with Crippen LogP contribution in [0.15, 0.2) is 18.6 Å². The van der Waals surface area contributed by atoms with Crippen LogP contribution in [0.5, 0.6) is 5.88 Å². The predicted molar refractivity (Wildman–Crippen MR) is 61.5 cm³/mol. The van der Waals surface area contributed by atoms with Crippen LogP contribution in [0.4, 0.5) is 0 Å². The van der Waals surface area contributed by atoms with Crippen molar-refractivity contribution >= 4 is 11.3 Å². The van der Waals surface area contributed by atoms with E-state index in [1.54, 1.807) is 37.0 Å². The summed E-state index contributed by atoms with van der Waals surface area (Å²) in [4.78, 5) is 13.4. The Morgan fingerprint density at radius 3 is 2.69 bits per heavy atom. The molecule has 2 aromatic heterocycles. The Morgan fingerprint density at radius 2 is 2.06 bits per heavy atom. The number of rotatable bonds is 3. The van der Waals surface area contributed by atoms with E-state index in [4.69, 9.17) is 10.5 Å². The van der Waals surface area contributed by atoms with Crippen molar-refractivity contribution in [2.75, 3.05) is 7.11 Å². The molecule has 6 heteroatoms. The number of aryl methyl sites for hydroxylation is 1. The van der Waals surface area contributed by atoms with Crippen molar-refractivity contribution < 1.29 is 4.74 Å². The second-order valence-corrected chi connectivity index (χ2v) is 4.48. The summed E-state index contributed by atoms with van der Waals surface area (Å²) in [7, 11) is 1.55. The lowest BCUT2D eigenvalue weighted by molar-refractivity contribution is 0.387. The van der Waals surface area contributed by atoms with Gasteiger partial charge in [-0.15, -0.1) is 11.3 Å². The van der Waals surface area contributed by atoms with Gasteiger partial charge < -0.3 is 10.5 Å². The summed E-state index contributed by atoms with van der Waals surface area (Å²) in [5.41, 5.74) is 6.73. The monoisotopic (exact) mass is 236 g/mol. The van der Waals surface area contributed by atoms with E-state index in [-0.39, 0.29) is 6.04 Å².